The van der Waals surface area contributed by atoms with Gasteiger partial charge < -0.3 is 5.32 Å². The molecule has 1 aromatic rings. The van der Waals surface area contributed by atoms with E-state index in [1.54, 1.807) is 4.90 Å². The van der Waals surface area contributed by atoms with Crippen molar-refractivity contribution >= 4 is 28.9 Å². The summed E-state index contributed by atoms with van der Waals surface area (Å²) in [5.74, 6) is 0.254. The van der Waals surface area contributed by atoms with Crippen molar-refractivity contribution in [2.45, 2.75) is 25.3 Å². The smallest absolute Gasteiger partial charge is 0.238 e. The summed E-state index contributed by atoms with van der Waals surface area (Å²) in [6.07, 6.45) is 3.14. The molecule has 1 heterocycles. The number of benzene rings is 1. The first-order valence-corrected chi connectivity index (χ1v) is 6.38. The molecular formula is C13H14N2OS. The first-order chi connectivity index (χ1) is 8.27. The minimum absolute atomic E-state index is 0.0990. The highest BCUT2D eigenvalue weighted by molar-refractivity contribution is 7.80. The number of hydrogen-bond donors (Lipinski definition) is 1. The third-order valence-corrected chi connectivity index (χ3v) is 3.88. The highest BCUT2D eigenvalue weighted by atomic mass is 32.1. The number of carbonyl (C=O) groups excluding carboxylic acids is 1. The number of rotatable bonds is 1. The quantitative estimate of drug-likeness (QED) is 0.770. The molecule has 3 nitrogen and oxygen atoms in total. The van der Waals surface area contributed by atoms with Crippen molar-refractivity contribution < 1.29 is 4.79 Å². The van der Waals surface area contributed by atoms with Gasteiger partial charge in [-0.1, -0.05) is 24.6 Å². The third kappa shape index (κ3) is 1.72. The zero-order valence-corrected chi connectivity index (χ0v) is 10.2. The average Bonchev–Trinajstić information content (AvgIpc) is 2.78. The minimum atomic E-state index is 0.0990. The molecule has 4 heteroatoms. The Morgan fingerprint density at radius 2 is 2.00 bits per heavy atom. The Balaban J connectivity index is 1.94. The summed E-state index contributed by atoms with van der Waals surface area (Å²) in [7, 11) is 0. The Hall–Kier alpha value is -1.42. The molecular weight excluding hydrogens is 232 g/mol. The van der Waals surface area contributed by atoms with Crippen LogP contribution >= 0.6 is 12.2 Å². The number of thiocarbonyl (C=S) groups is 1. The number of nitrogens with one attached hydrogen (secondary N) is 1. The van der Waals surface area contributed by atoms with E-state index in [0.717, 1.165) is 24.9 Å². The van der Waals surface area contributed by atoms with E-state index in [0.29, 0.717) is 5.11 Å². The molecule has 0 spiro atoms. The molecule has 17 heavy (non-hydrogen) atoms. The maximum absolute atomic E-state index is 12.4. The highest BCUT2D eigenvalue weighted by Gasteiger charge is 2.42. The van der Waals surface area contributed by atoms with Gasteiger partial charge >= 0.3 is 0 Å². The normalized spacial score (nSPS) is 27.9. The summed E-state index contributed by atoms with van der Waals surface area (Å²) in [5, 5.41) is 3.84. The van der Waals surface area contributed by atoms with E-state index in [-0.39, 0.29) is 17.9 Å². The minimum Gasteiger partial charge on any atom is -0.358 e. The van der Waals surface area contributed by atoms with Gasteiger partial charge in [-0.15, -0.1) is 0 Å². The van der Waals surface area contributed by atoms with Crippen molar-refractivity contribution in [3.8, 4) is 0 Å². The van der Waals surface area contributed by atoms with Crippen molar-refractivity contribution in [3.63, 3.8) is 0 Å². The van der Waals surface area contributed by atoms with Crippen LogP contribution in [0, 0.1) is 5.92 Å². The lowest BCUT2D eigenvalue weighted by Gasteiger charge is -2.36. The summed E-state index contributed by atoms with van der Waals surface area (Å²) >= 11 is 5.30. The van der Waals surface area contributed by atoms with E-state index < -0.39 is 0 Å². The van der Waals surface area contributed by atoms with Crippen LogP contribution in [0.4, 0.5) is 5.69 Å². The maximum atomic E-state index is 12.4. The molecule has 1 amide bonds. The van der Waals surface area contributed by atoms with E-state index in [1.807, 2.05) is 30.3 Å². The molecule has 1 saturated heterocycles. The number of hydrogen-bond acceptors (Lipinski definition) is 2. The second-order valence-corrected chi connectivity index (χ2v) is 4.99. The number of fused-ring (bicyclic) bond motifs is 1. The molecule has 1 aliphatic heterocycles. The highest BCUT2D eigenvalue weighted by Crippen LogP contribution is 2.32. The Kier molecular flexibility index (Phi) is 2.59. The fourth-order valence-corrected chi connectivity index (χ4v) is 3.09. The van der Waals surface area contributed by atoms with Crippen LogP contribution < -0.4 is 10.2 Å². The van der Waals surface area contributed by atoms with E-state index in [4.69, 9.17) is 12.2 Å². The number of para-hydroxylation sites is 1. The van der Waals surface area contributed by atoms with Crippen molar-refractivity contribution in [2.24, 2.45) is 5.92 Å². The molecule has 0 unspecified atom stereocenters. The van der Waals surface area contributed by atoms with Gasteiger partial charge in [0.05, 0.1) is 11.6 Å². The molecule has 1 N–H and O–H groups in total. The van der Waals surface area contributed by atoms with E-state index >= 15 is 0 Å². The topological polar surface area (TPSA) is 32.3 Å². The van der Waals surface area contributed by atoms with Gasteiger partial charge in [0.2, 0.25) is 5.91 Å². The molecule has 2 aliphatic rings. The largest absolute Gasteiger partial charge is 0.358 e. The molecule has 0 bridgehead atoms. The second kappa shape index (κ2) is 4.11. The van der Waals surface area contributed by atoms with E-state index in [2.05, 4.69) is 5.32 Å². The fraction of sp³-hybridized carbons (Fsp3) is 0.385. The second-order valence-electron chi connectivity index (χ2n) is 4.60. The van der Waals surface area contributed by atoms with Gasteiger partial charge in [-0.05, 0) is 37.2 Å². The van der Waals surface area contributed by atoms with Gasteiger partial charge in [0.1, 0.15) is 0 Å². The lowest BCUT2D eigenvalue weighted by Crippen LogP contribution is -2.58. The van der Waals surface area contributed by atoms with Crippen LogP contribution in [0.3, 0.4) is 0 Å². The molecule has 0 aromatic heterocycles. The lowest BCUT2D eigenvalue weighted by atomic mass is 9.99. The summed E-state index contributed by atoms with van der Waals surface area (Å²) < 4.78 is 0. The summed E-state index contributed by atoms with van der Waals surface area (Å²) in [6.45, 7) is 0. The zero-order valence-electron chi connectivity index (χ0n) is 9.43. The maximum Gasteiger partial charge on any atom is 0.238 e. The van der Waals surface area contributed by atoms with Crippen molar-refractivity contribution in [1.29, 1.82) is 0 Å². The molecule has 2 atom stereocenters. The molecule has 0 radical (unpaired) electrons. The Morgan fingerprint density at radius 3 is 2.76 bits per heavy atom. The Bertz CT molecular complexity index is 460. The SMILES string of the molecule is O=C1[C@H]2CCC[C@H]2NC(=S)N1c1ccccc1. The summed E-state index contributed by atoms with van der Waals surface area (Å²) in [4.78, 5) is 14.1. The van der Waals surface area contributed by atoms with Gasteiger partial charge in [0.15, 0.2) is 5.11 Å². The first kappa shape index (κ1) is 10.7. The van der Waals surface area contributed by atoms with Gasteiger partial charge in [0.25, 0.3) is 0 Å². The summed E-state index contributed by atoms with van der Waals surface area (Å²) in [5.41, 5.74) is 0.861. The molecule has 1 saturated carbocycles. The van der Waals surface area contributed by atoms with Gasteiger partial charge in [0, 0.05) is 6.04 Å². The van der Waals surface area contributed by atoms with Crippen LogP contribution in [0.5, 0.6) is 0 Å². The fourth-order valence-electron chi connectivity index (χ4n) is 2.74. The average molecular weight is 246 g/mol. The number of anilines is 1. The van der Waals surface area contributed by atoms with Gasteiger partial charge in [-0.2, -0.15) is 0 Å². The Labute approximate surface area is 106 Å². The zero-order chi connectivity index (χ0) is 11.8. The lowest BCUT2D eigenvalue weighted by molar-refractivity contribution is -0.122. The van der Waals surface area contributed by atoms with E-state index in [9.17, 15) is 4.79 Å². The van der Waals surface area contributed by atoms with Crippen LogP contribution in [-0.2, 0) is 4.79 Å². The predicted molar refractivity (Wildman–Crippen MR) is 70.8 cm³/mol. The number of amides is 1. The van der Waals surface area contributed by atoms with Crippen LogP contribution in [0.25, 0.3) is 0 Å². The van der Waals surface area contributed by atoms with Crippen LogP contribution in [-0.4, -0.2) is 17.1 Å². The van der Waals surface area contributed by atoms with Crippen molar-refractivity contribution in [3.05, 3.63) is 30.3 Å². The van der Waals surface area contributed by atoms with Gasteiger partial charge in [-0.25, -0.2) is 0 Å². The monoisotopic (exact) mass is 246 g/mol. The first-order valence-electron chi connectivity index (χ1n) is 5.97. The van der Waals surface area contributed by atoms with Gasteiger partial charge in [-0.3, -0.25) is 9.69 Å². The molecule has 88 valence electrons. The third-order valence-electron chi connectivity index (χ3n) is 3.58. The van der Waals surface area contributed by atoms with Crippen LogP contribution in [0.2, 0.25) is 0 Å². The van der Waals surface area contributed by atoms with Crippen LogP contribution in [0.1, 0.15) is 19.3 Å². The van der Waals surface area contributed by atoms with Crippen molar-refractivity contribution in [1.82, 2.24) is 5.32 Å². The number of carbonyl (C=O) groups is 1. The molecule has 1 aliphatic carbocycles. The predicted octanol–water partition coefficient (Wildman–Crippen LogP) is 2.08. The molecule has 3 rings (SSSR count). The number of nitrogens with zero attached hydrogens (tertiary/aromatic N) is 1. The Morgan fingerprint density at radius 1 is 1.24 bits per heavy atom. The molecule has 2 fully saturated rings. The summed E-state index contributed by atoms with van der Waals surface area (Å²) in [6, 6.07) is 9.88. The van der Waals surface area contributed by atoms with Crippen LogP contribution in [0.15, 0.2) is 30.3 Å². The molecule has 1 aromatic carbocycles. The van der Waals surface area contributed by atoms with Crippen molar-refractivity contribution in [2.75, 3.05) is 4.90 Å². The van der Waals surface area contributed by atoms with E-state index in [1.165, 1.54) is 0 Å². The standard InChI is InChI=1S/C13H14N2OS/c16-12-10-7-4-8-11(10)14-13(17)15(12)9-5-2-1-3-6-9/h1-3,5-6,10-11H,4,7-8H2,(H,14,17)/t10-,11+/m0/s1.